The first-order chi connectivity index (χ1) is 12.3. The molecule has 5 nitrogen and oxygen atoms in total. The smallest absolute Gasteiger partial charge is 0.190 e. The van der Waals surface area contributed by atoms with E-state index in [0.717, 1.165) is 37.9 Å². The van der Waals surface area contributed by atoms with E-state index in [2.05, 4.69) is 38.9 Å². The molecule has 0 bridgehead atoms. The third-order valence-electron chi connectivity index (χ3n) is 4.56. The van der Waals surface area contributed by atoms with Crippen molar-refractivity contribution in [2.24, 2.45) is 10.9 Å². The molecule has 1 saturated heterocycles. The predicted octanol–water partition coefficient (Wildman–Crippen LogP) is 2.83. The van der Waals surface area contributed by atoms with Gasteiger partial charge in [-0.25, -0.2) is 0 Å². The number of benzene rings is 1. The number of guanidine groups is 1. The number of thioether (sulfide) groups is 1. The van der Waals surface area contributed by atoms with Gasteiger partial charge in [0.05, 0.1) is 12.8 Å². The first-order valence-corrected chi connectivity index (χ1v) is 10.5. The molecule has 0 radical (unpaired) electrons. The number of ether oxygens (including phenoxy) is 1. The molecule has 1 heterocycles. The first-order valence-electron chi connectivity index (χ1n) is 9.10. The molecule has 0 aliphatic carbocycles. The van der Waals surface area contributed by atoms with Crippen LogP contribution in [0, 0.1) is 5.92 Å². The van der Waals surface area contributed by atoms with Gasteiger partial charge in [0.1, 0.15) is 5.75 Å². The van der Waals surface area contributed by atoms with Crippen molar-refractivity contribution in [2.75, 3.05) is 57.2 Å². The molecule has 25 heavy (non-hydrogen) atoms. The molecule has 1 aliphatic heterocycles. The summed E-state index contributed by atoms with van der Waals surface area (Å²) in [6.45, 7) is 4.07. The highest BCUT2D eigenvalue weighted by atomic mass is 32.2. The first kappa shape index (κ1) is 19.8. The summed E-state index contributed by atoms with van der Waals surface area (Å²) in [6.07, 6.45) is 5.79. The van der Waals surface area contributed by atoms with Crippen LogP contribution in [0.5, 0.6) is 5.75 Å². The highest BCUT2D eigenvalue weighted by molar-refractivity contribution is 7.98. The normalized spacial score (nSPS) is 17.6. The molecule has 1 aromatic carbocycles. The van der Waals surface area contributed by atoms with Crippen molar-refractivity contribution in [3.8, 4) is 5.75 Å². The molecular formula is C19H32N4OS. The Morgan fingerprint density at radius 3 is 2.92 bits per heavy atom. The molecule has 1 aliphatic rings. The van der Waals surface area contributed by atoms with Crippen molar-refractivity contribution < 1.29 is 4.74 Å². The maximum Gasteiger partial charge on any atom is 0.190 e. The number of unbranched alkanes of at least 4 members (excludes halogenated alkanes) is 1. The molecule has 0 saturated carbocycles. The van der Waals surface area contributed by atoms with E-state index in [4.69, 9.17) is 4.74 Å². The van der Waals surface area contributed by atoms with Crippen molar-refractivity contribution in [1.29, 1.82) is 0 Å². The second-order valence-electron chi connectivity index (χ2n) is 6.35. The van der Waals surface area contributed by atoms with Gasteiger partial charge in [-0.2, -0.15) is 11.8 Å². The largest absolute Gasteiger partial charge is 0.495 e. The van der Waals surface area contributed by atoms with E-state index in [1.165, 1.54) is 30.7 Å². The summed E-state index contributed by atoms with van der Waals surface area (Å²) < 4.78 is 5.49. The Balaban J connectivity index is 1.73. The summed E-state index contributed by atoms with van der Waals surface area (Å²) in [5.41, 5.74) is 1.20. The monoisotopic (exact) mass is 364 g/mol. The van der Waals surface area contributed by atoms with Crippen LogP contribution in [-0.4, -0.2) is 58.3 Å². The number of anilines is 1. The molecule has 1 atom stereocenters. The summed E-state index contributed by atoms with van der Waals surface area (Å²) in [6, 6.07) is 8.27. The zero-order valence-electron chi connectivity index (χ0n) is 15.8. The Bertz CT molecular complexity index is 538. The van der Waals surface area contributed by atoms with Crippen molar-refractivity contribution in [1.82, 2.24) is 10.6 Å². The average molecular weight is 365 g/mol. The maximum absolute atomic E-state index is 5.49. The number of nitrogens with one attached hydrogen (secondary N) is 2. The van der Waals surface area contributed by atoms with E-state index in [1.807, 2.05) is 30.9 Å². The average Bonchev–Trinajstić information content (AvgIpc) is 3.12. The molecule has 1 fully saturated rings. The van der Waals surface area contributed by atoms with Crippen molar-refractivity contribution in [2.45, 2.75) is 19.3 Å². The van der Waals surface area contributed by atoms with E-state index < -0.39 is 0 Å². The van der Waals surface area contributed by atoms with E-state index in [-0.39, 0.29) is 0 Å². The fourth-order valence-corrected chi connectivity index (χ4v) is 3.64. The van der Waals surface area contributed by atoms with E-state index in [1.54, 1.807) is 7.11 Å². The second kappa shape index (κ2) is 11.1. The van der Waals surface area contributed by atoms with Gasteiger partial charge in [0, 0.05) is 33.2 Å². The summed E-state index contributed by atoms with van der Waals surface area (Å²) in [4.78, 5) is 6.75. The lowest BCUT2D eigenvalue weighted by atomic mass is 10.1. The molecule has 1 unspecified atom stereocenters. The van der Waals surface area contributed by atoms with E-state index >= 15 is 0 Å². The van der Waals surface area contributed by atoms with Crippen molar-refractivity contribution >= 4 is 23.4 Å². The number of hydrogen-bond acceptors (Lipinski definition) is 4. The number of hydrogen-bond donors (Lipinski definition) is 2. The molecule has 0 aromatic heterocycles. The lowest BCUT2D eigenvalue weighted by molar-refractivity contribution is 0.414. The minimum Gasteiger partial charge on any atom is -0.495 e. The molecule has 6 heteroatoms. The van der Waals surface area contributed by atoms with Gasteiger partial charge < -0.3 is 20.3 Å². The Labute approximate surface area is 156 Å². The zero-order valence-corrected chi connectivity index (χ0v) is 16.6. The van der Waals surface area contributed by atoms with Crippen LogP contribution in [0.3, 0.4) is 0 Å². The van der Waals surface area contributed by atoms with E-state index in [9.17, 15) is 0 Å². The molecule has 140 valence electrons. The Hall–Kier alpha value is -1.56. The third kappa shape index (κ3) is 6.34. The lowest BCUT2D eigenvalue weighted by Crippen LogP contribution is -2.40. The molecule has 2 N–H and O–H groups in total. The van der Waals surface area contributed by atoms with Crippen LogP contribution < -0.4 is 20.3 Å². The lowest BCUT2D eigenvalue weighted by Gasteiger charge is -2.21. The molecular weight excluding hydrogens is 332 g/mol. The van der Waals surface area contributed by atoms with Crippen molar-refractivity contribution in [3.05, 3.63) is 24.3 Å². The fourth-order valence-electron chi connectivity index (χ4n) is 3.15. The van der Waals surface area contributed by atoms with Gasteiger partial charge in [-0.3, -0.25) is 4.99 Å². The van der Waals surface area contributed by atoms with Gasteiger partial charge in [-0.1, -0.05) is 12.1 Å². The standard InChI is InChI=1S/C19H32N4OS/c1-20-19(21-11-6-7-13-25-3)22-14-16-10-12-23(15-16)17-8-4-5-9-18(17)24-2/h4-5,8-9,16H,6-7,10-15H2,1-3H3,(H2,20,21,22). The summed E-state index contributed by atoms with van der Waals surface area (Å²) >= 11 is 1.91. The van der Waals surface area contributed by atoms with Crippen LogP contribution >= 0.6 is 11.8 Å². The van der Waals surface area contributed by atoms with Gasteiger partial charge in [-0.15, -0.1) is 0 Å². The van der Waals surface area contributed by atoms with Crippen molar-refractivity contribution in [3.63, 3.8) is 0 Å². The quantitative estimate of drug-likeness (QED) is 0.401. The van der Waals surface area contributed by atoms with Crippen LogP contribution in [0.4, 0.5) is 5.69 Å². The second-order valence-corrected chi connectivity index (χ2v) is 7.34. The van der Waals surface area contributed by atoms with Crippen LogP contribution in [0.15, 0.2) is 29.3 Å². The third-order valence-corrected chi connectivity index (χ3v) is 5.26. The highest BCUT2D eigenvalue weighted by Crippen LogP contribution is 2.31. The molecule has 1 aromatic rings. The number of methoxy groups -OCH3 is 1. The number of para-hydroxylation sites is 2. The van der Waals surface area contributed by atoms with Gasteiger partial charge in [-0.05, 0) is 49.3 Å². The van der Waals surface area contributed by atoms with Crippen LogP contribution in [0.2, 0.25) is 0 Å². The summed E-state index contributed by atoms with van der Waals surface area (Å²) in [7, 11) is 3.58. The minimum atomic E-state index is 0.625. The van der Waals surface area contributed by atoms with Crippen LogP contribution in [-0.2, 0) is 0 Å². The fraction of sp³-hybridized carbons (Fsp3) is 0.632. The Morgan fingerprint density at radius 2 is 2.16 bits per heavy atom. The topological polar surface area (TPSA) is 48.9 Å². The van der Waals surface area contributed by atoms with Gasteiger partial charge in [0.15, 0.2) is 5.96 Å². The van der Waals surface area contributed by atoms with Gasteiger partial charge in [0.25, 0.3) is 0 Å². The molecule has 0 spiro atoms. The van der Waals surface area contributed by atoms with Gasteiger partial charge >= 0.3 is 0 Å². The predicted molar refractivity (Wildman–Crippen MR) is 110 cm³/mol. The Morgan fingerprint density at radius 1 is 1.32 bits per heavy atom. The zero-order chi connectivity index (χ0) is 17.9. The SMILES string of the molecule is CN=C(NCCCCSC)NCC1CCN(c2ccccc2OC)C1. The number of rotatable bonds is 9. The van der Waals surface area contributed by atoms with Gasteiger partial charge in [0.2, 0.25) is 0 Å². The highest BCUT2D eigenvalue weighted by Gasteiger charge is 2.24. The molecule has 2 rings (SSSR count). The minimum absolute atomic E-state index is 0.625. The summed E-state index contributed by atoms with van der Waals surface area (Å²) in [5, 5.41) is 6.89. The summed E-state index contributed by atoms with van der Waals surface area (Å²) in [5.74, 6) is 3.73. The van der Waals surface area contributed by atoms with E-state index in [0.29, 0.717) is 5.92 Å². The number of aliphatic imine (C=N–C) groups is 1. The Kier molecular flexibility index (Phi) is 8.80. The number of nitrogens with zero attached hydrogens (tertiary/aromatic N) is 2. The maximum atomic E-state index is 5.49. The van der Waals surface area contributed by atoms with Crippen LogP contribution in [0.25, 0.3) is 0 Å². The van der Waals surface area contributed by atoms with Crippen LogP contribution in [0.1, 0.15) is 19.3 Å². The molecule has 0 amide bonds.